The van der Waals surface area contributed by atoms with E-state index in [9.17, 15) is 9.59 Å². The van der Waals surface area contributed by atoms with E-state index in [0.717, 1.165) is 11.1 Å². The Morgan fingerprint density at radius 2 is 1.69 bits per heavy atom. The molecule has 0 saturated heterocycles. The second-order valence-corrected chi connectivity index (χ2v) is 4.19. The smallest absolute Gasteiger partial charge is 0.249 e. The number of nitrogens with two attached hydrogens (primary N) is 1. The van der Waals surface area contributed by atoms with Gasteiger partial charge >= 0.3 is 0 Å². The van der Waals surface area contributed by atoms with Gasteiger partial charge in [-0.3, -0.25) is 9.59 Å². The summed E-state index contributed by atoms with van der Waals surface area (Å²) >= 11 is 0. The molecule has 3 heteroatoms. The summed E-state index contributed by atoms with van der Waals surface area (Å²) in [6.07, 6.45) is 0. The van der Waals surface area contributed by atoms with Gasteiger partial charge in [-0.1, -0.05) is 38.1 Å². The lowest BCUT2D eigenvalue weighted by molar-refractivity contribution is 0.868. The van der Waals surface area contributed by atoms with Gasteiger partial charge in [0.15, 0.2) is 0 Å². The largest absolute Gasteiger partial charge is 0.395 e. The molecule has 16 heavy (non-hydrogen) atoms. The van der Waals surface area contributed by atoms with Gasteiger partial charge < -0.3 is 5.73 Å². The second kappa shape index (κ2) is 3.59. The molecule has 0 radical (unpaired) electrons. The molecule has 2 N–H and O–H groups in total. The third-order valence-corrected chi connectivity index (χ3v) is 2.80. The zero-order chi connectivity index (χ0) is 11.9. The molecule has 3 nitrogen and oxygen atoms in total. The fourth-order valence-corrected chi connectivity index (χ4v) is 1.90. The maximum Gasteiger partial charge on any atom is 0.249 e. The molecule has 0 aliphatic heterocycles. The Kier molecular flexibility index (Phi) is 2.38. The van der Waals surface area contributed by atoms with Crippen LogP contribution in [0.25, 0.3) is 11.1 Å². The van der Waals surface area contributed by atoms with Crippen LogP contribution in [0.15, 0.2) is 33.9 Å². The summed E-state index contributed by atoms with van der Waals surface area (Å²) in [5.74, 6) is 0.292. The normalized spacial score (nSPS) is 11.2. The van der Waals surface area contributed by atoms with Crippen LogP contribution in [0.3, 0.4) is 0 Å². The first kappa shape index (κ1) is 10.6. The van der Waals surface area contributed by atoms with Crippen LogP contribution in [0.5, 0.6) is 0 Å². The van der Waals surface area contributed by atoms with Crippen LogP contribution in [0.1, 0.15) is 25.3 Å². The Hall–Kier alpha value is -1.90. The van der Waals surface area contributed by atoms with E-state index in [4.69, 9.17) is 5.73 Å². The second-order valence-electron chi connectivity index (χ2n) is 4.19. The average molecular weight is 215 g/mol. The topological polar surface area (TPSA) is 60.2 Å². The molecule has 0 fully saturated rings. The maximum absolute atomic E-state index is 11.5. The Bertz CT molecular complexity index is 604. The molecule has 0 saturated carbocycles. The molecule has 0 unspecified atom stereocenters. The van der Waals surface area contributed by atoms with Crippen LogP contribution in [-0.4, -0.2) is 0 Å². The lowest BCUT2D eigenvalue weighted by atomic mass is 9.89. The van der Waals surface area contributed by atoms with Crippen molar-refractivity contribution < 1.29 is 0 Å². The van der Waals surface area contributed by atoms with Gasteiger partial charge in [-0.25, -0.2) is 0 Å². The zero-order valence-corrected chi connectivity index (χ0v) is 9.28. The first-order valence-electron chi connectivity index (χ1n) is 5.22. The van der Waals surface area contributed by atoms with Gasteiger partial charge in [-0.05, 0) is 17.0 Å². The average Bonchev–Trinajstić information content (AvgIpc) is 2.29. The van der Waals surface area contributed by atoms with E-state index in [1.165, 1.54) is 0 Å². The van der Waals surface area contributed by atoms with Crippen molar-refractivity contribution in [3.05, 3.63) is 50.3 Å². The van der Waals surface area contributed by atoms with Crippen molar-refractivity contribution in [2.24, 2.45) is 0 Å². The van der Waals surface area contributed by atoms with Gasteiger partial charge in [0.25, 0.3) is 0 Å². The predicted octanol–water partition coefficient (Wildman–Crippen LogP) is 1.66. The van der Waals surface area contributed by atoms with Crippen molar-refractivity contribution in [2.75, 3.05) is 5.73 Å². The Labute approximate surface area is 93.2 Å². The fourth-order valence-electron chi connectivity index (χ4n) is 1.90. The molecule has 0 amide bonds. The molecular weight excluding hydrogens is 202 g/mol. The molecule has 2 aromatic rings. The van der Waals surface area contributed by atoms with Crippen LogP contribution in [0.2, 0.25) is 0 Å². The summed E-state index contributed by atoms with van der Waals surface area (Å²) in [7, 11) is 0. The third-order valence-electron chi connectivity index (χ3n) is 2.80. The Morgan fingerprint density at radius 3 is 2.25 bits per heavy atom. The number of benzene rings is 1. The minimum Gasteiger partial charge on any atom is -0.395 e. The first-order chi connectivity index (χ1) is 7.54. The predicted molar refractivity (Wildman–Crippen MR) is 65.3 cm³/mol. The Morgan fingerprint density at radius 1 is 1.06 bits per heavy atom. The van der Waals surface area contributed by atoms with E-state index < -0.39 is 10.9 Å². The van der Waals surface area contributed by atoms with Crippen LogP contribution in [0.4, 0.5) is 5.69 Å². The van der Waals surface area contributed by atoms with E-state index >= 15 is 0 Å². The molecule has 0 spiro atoms. The molecule has 2 aromatic carbocycles. The summed E-state index contributed by atoms with van der Waals surface area (Å²) in [4.78, 5) is 22.6. The van der Waals surface area contributed by atoms with Gasteiger partial charge in [0, 0.05) is 0 Å². The summed E-state index contributed by atoms with van der Waals surface area (Å²) in [5, 5.41) is 0. The third kappa shape index (κ3) is 1.36. The van der Waals surface area contributed by atoms with Crippen LogP contribution >= 0.6 is 0 Å². The Balaban J connectivity index is 2.67. The molecule has 2 rings (SSSR count). The zero-order valence-electron chi connectivity index (χ0n) is 9.28. The highest BCUT2D eigenvalue weighted by Gasteiger charge is 2.21. The monoisotopic (exact) mass is 215 g/mol. The molecule has 82 valence electrons. The fraction of sp³-hybridized carbons (Fsp3) is 0.231. The number of anilines is 1. The van der Waals surface area contributed by atoms with Gasteiger partial charge in [0.1, 0.15) is 0 Å². The molecule has 0 bridgehead atoms. The van der Waals surface area contributed by atoms with Crippen molar-refractivity contribution in [2.45, 2.75) is 19.8 Å². The molecule has 0 aliphatic rings. The maximum atomic E-state index is 11.5. The van der Waals surface area contributed by atoms with E-state index in [2.05, 4.69) is 0 Å². The summed E-state index contributed by atoms with van der Waals surface area (Å²) in [6, 6.07) is 7.55. The molecule has 0 aromatic heterocycles. The number of hydrogen-bond donors (Lipinski definition) is 1. The van der Waals surface area contributed by atoms with Crippen LogP contribution in [0, 0.1) is 0 Å². The quantitative estimate of drug-likeness (QED) is 0.775. The summed E-state index contributed by atoms with van der Waals surface area (Å²) in [5.41, 5.74) is 6.85. The summed E-state index contributed by atoms with van der Waals surface area (Å²) < 4.78 is 0. The minimum atomic E-state index is -0.562. The van der Waals surface area contributed by atoms with Crippen molar-refractivity contribution in [1.29, 1.82) is 0 Å². The van der Waals surface area contributed by atoms with E-state index in [-0.39, 0.29) is 5.69 Å². The minimum absolute atomic E-state index is 0.0955. The molecule has 0 heterocycles. The van der Waals surface area contributed by atoms with Gasteiger partial charge in [0.05, 0.1) is 11.3 Å². The van der Waals surface area contributed by atoms with Gasteiger partial charge in [0.2, 0.25) is 10.9 Å². The van der Waals surface area contributed by atoms with E-state index in [1.54, 1.807) is 0 Å². The lowest BCUT2D eigenvalue weighted by Gasteiger charge is -2.14. The number of hydrogen-bond acceptors (Lipinski definition) is 3. The van der Waals surface area contributed by atoms with Crippen molar-refractivity contribution in [1.82, 2.24) is 0 Å². The van der Waals surface area contributed by atoms with E-state index in [0.29, 0.717) is 11.5 Å². The number of nitrogen functional groups attached to an aromatic ring is 1. The molecule has 0 atom stereocenters. The summed E-state index contributed by atoms with van der Waals surface area (Å²) in [6.45, 7) is 4.08. The number of rotatable bonds is 2. The van der Waals surface area contributed by atoms with E-state index in [1.807, 2.05) is 38.1 Å². The first-order valence-corrected chi connectivity index (χ1v) is 5.22. The SMILES string of the molecule is CC(C)c1ccccc1-c1c(N)c(=O)c1=O. The van der Waals surface area contributed by atoms with Gasteiger partial charge in [-0.2, -0.15) is 0 Å². The van der Waals surface area contributed by atoms with Crippen molar-refractivity contribution >= 4 is 5.69 Å². The molecular formula is C13H13NO2. The van der Waals surface area contributed by atoms with Crippen LogP contribution < -0.4 is 16.6 Å². The van der Waals surface area contributed by atoms with Crippen molar-refractivity contribution in [3.8, 4) is 11.1 Å². The lowest BCUT2D eigenvalue weighted by Crippen LogP contribution is -2.36. The standard InChI is InChI=1S/C13H13NO2/c1-7(2)8-5-3-4-6-9(8)10-11(14)13(16)12(10)15/h3-7H,14H2,1-2H3. The molecule has 0 aliphatic carbocycles. The highest BCUT2D eigenvalue weighted by molar-refractivity contribution is 5.82. The van der Waals surface area contributed by atoms with Crippen molar-refractivity contribution in [3.63, 3.8) is 0 Å². The highest BCUT2D eigenvalue weighted by Crippen LogP contribution is 2.29. The van der Waals surface area contributed by atoms with Gasteiger partial charge in [-0.15, -0.1) is 0 Å². The highest BCUT2D eigenvalue weighted by atomic mass is 16.2. The van der Waals surface area contributed by atoms with Crippen LogP contribution in [-0.2, 0) is 0 Å².